The van der Waals surface area contributed by atoms with Crippen molar-refractivity contribution in [2.24, 2.45) is 11.7 Å². The molecule has 0 aromatic carbocycles. The molecule has 0 saturated carbocycles. The molecule has 1 unspecified atom stereocenters. The molecule has 0 radical (unpaired) electrons. The minimum absolute atomic E-state index is 0.194. The lowest BCUT2D eigenvalue weighted by Gasteiger charge is -2.19. The first-order valence-electron chi connectivity index (χ1n) is 6.52. The third-order valence-electron chi connectivity index (χ3n) is 2.65. The number of hydrogen-bond donors (Lipinski definition) is 1. The van der Waals surface area contributed by atoms with Crippen LogP contribution in [-0.2, 0) is 4.74 Å². The highest BCUT2D eigenvalue weighted by Gasteiger charge is 2.12. The molecular formula is C13H27NOS. The standard InChI is InChI=1S/C13H27NOS/c1-4-5-6-7-8-9-12(10-11(2)3)15-13(14)16/h11-12H,4-10H2,1-3H3,(H2,14,16). The van der Waals surface area contributed by atoms with Crippen molar-refractivity contribution in [1.29, 1.82) is 0 Å². The third kappa shape index (κ3) is 10.2. The van der Waals surface area contributed by atoms with Gasteiger partial charge < -0.3 is 10.5 Å². The Morgan fingerprint density at radius 2 is 1.81 bits per heavy atom. The normalized spacial score (nSPS) is 12.8. The van der Waals surface area contributed by atoms with Crippen LogP contribution in [0.4, 0.5) is 0 Å². The first-order chi connectivity index (χ1) is 7.56. The Bertz CT molecular complexity index is 183. The van der Waals surface area contributed by atoms with E-state index in [1.807, 2.05) is 0 Å². The van der Waals surface area contributed by atoms with Crippen LogP contribution in [0.5, 0.6) is 0 Å². The van der Waals surface area contributed by atoms with Gasteiger partial charge in [0, 0.05) is 0 Å². The van der Waals surface area contributed by atoms with Crippen LogP contribution in [0.2, 0.25) is 0 Å². The molecule has 0 aliphatic heterocycles. The van der Waals surface area contributed by atoms with Crippen LogP contribution in [0, 0.1) is 5.92 Å². The van der Waals surface area contributed by atoms with Crippen molar-refractivity contribution in [2.75, 3.05) is 0 Å². The molecule has 2 N–H and O–H groups in total. The second-order valence-electron chi connectivity index (χ2n) is 4.89. The summed E-state index contributed by atoms with van der Waals surface area (Å²) in [6, 6.07) is 0. The fraction of sp³-hybridized carbons (Fsp3) is 0.923. The lowest BCUT2D eigenvalue weighted by molar-refractivity contribution is 0.151. The van der Waals surface area contributed by atoms with E-state index in [-0.39, 0.29) is 11.3 Å². The molecule has 0 aliphatic carbocycles. The Balaban J connectivity index is 3.69. The van der Waals surface area contributed by atoms with Gasteiger partial charge in [-0.3, -0.25) is 0 Å². The first-order valence-corrected chi connectivity index (χ1v) is 6.93. The third-order valence-corrected chi connectivity index (χ3v) is 2.74. The monoisotopic (exact) mass is 245 g/mol. The number of thiocarbonyl (C=S) groups is 1. The van der Waals surface area contributed by atoms with Gasteiger partial charge >= 0.3 is 0 Å². The van der Waals surface area contributed by atoms with E-state index in [1.165, 1.54) is 32.1 Å². The molecule has 3 heteroatoms. The summed E-state index contributed by atoms with van der Waals surface area (Å²) in [5.41, 5.74) is 5.43. The highest BCUT2D eigenvalue weighted by Crippen LogP contribution is 2.16. The van der Waals surface area contributed by atoms with E-state index in [4.69, 9.17) is 22.7 Å². The maximum atomic E-state index is 5.48. The van der Waals surface area contributed by atoms with Gasteiger partial charge in [0.2, 0.25) is 0 Å². The molecule has 0 spiro atoms. The van der Waals surface area contributed by atoms with Crippen LogP contribution in [0.3, 0.4) is 0 Å². The quantitative estimate of drug-likeness (QED) is 0.492. The summed E-state index contributed by atoms with van der Waals surface area (Å²) in [4.78, 5) is 0. The van der Waals surface area contributed by atoms with Gasteiger partial charge in [-0.1, -0.05) is 46.5 Å². The van der Waals surface area contributed by atoms with Gasteiger partial charge in [0.05, 0.1) is 0 Å². The molecule has 0 amide bonds. The zero-order chi connectivity index (χ0) is 12.4. The number of nitrogens with two attached hydrogens (primary N) is 1. The van der Waals surface area contributed by atoms with Crippen molar-refractivity contribution in [3.8, 4) is 0 Å². The van der Waals surface area contributed by atoms with Gasteiger partial charge in [-0.15, -0.1) is 0 Å². The van der Waals surface area contributed by atoms with Crippen molar-refractivity contribution < 1.29 is 4.74 Å². The highest BCUT2D eigenvalue weighted by atomic mass is 32.1. The van der Waals surface area contributed by atoms with Crippen LogP contribution in [0.1, 0.15) is 65.7 Å². The number of rotatable bonds is 9. The Hall–Kier alpha value is -0.310. The fourth-order valence-corrected chi connectivity index (χ4v) is 2.03. The van der Waals surface area contributed by atoms with Crippen molar-refractivity contribution in [3.05, 3.63) is 0 Å². The van der Waals surface area contributed by atoms with Crippen LogP contribution in [0.25, 0.3) is 0 Å². The van der Waals surface area contributed by atoms with Gasteiger partial charge in [0.25, 0.3) is 5.17 Å². The Morgan fingerprint density at radius 1 is 1.19 bits per heavy atom. The SMILES string of the molecule is CCCCCCCC(CC(C)C)OC(N)=S. The first kappa shape index (κ1) is 15.7. The fourth-order valence-electron chi connectivity index (χ4n) is 1.89. The Labute approximate surface area is 106 Å². The van der Waals surface area contributed by atoms with E-state index in [0.717, 1.165) is 12.8 Å². The second kappa shape index (κ2) is 9.88. The summed E-state index contributed by atoms with van der Waals surface area (Å²) in [7, 11) is 0. The molecule has 96 valence electrons. The molecule has 0 bridgehead atoms. The molecular weight excluding hydrogens is 218 g/mol. The lowest BCUT2D eigenvalue weighted by Crippen LogP contribution is -2.24. The molecule has 16 heavy (non-hydrogen) atoms. The molecule has 0 rings (SSSR count). The van der Waals surface area contributed by atoms with Crippen molar-refractivity contribution >= 4 is 17.4 Å². The maximum absolute atomic E-state index is 5.48. The Morgan fingerprint density at radius 3 is 2.31 bits per heavy atom. The molecule has 0 fully saturated rings. The number of unbranched alkanes of at least 4 members (excludes halogenated alkanes) is 4. The lowest BCUT2D eigenvalue weighted by atomic mass is 10.0. The van der Waals surface area contributed by atoms with Gasteiger partial charge in [-0.25, -0.2) is 0 Å². The summed E-state index contributed by atoms with van der Waals surface area (Å²) >= 11 is 4.80. The average molecular weight is 245 g/mol. The average Bonchev–Trinajstić information content (AvgIpc) is 2.15. The van der Waals surface area contributed by atoms with E-state index < -0.39 is 0 Å². The van der Waals surface area contributed by atoms with Crippen LogP contribution < -0.4 is 5.73 Å². The van der Waals surface area contributed by atoms with E-state index in [2.05, 4.69) is 20.8 Å². The van der Waals surface area contributed by atoms with Crippen LogP contribution in [-0.4, -0.2) is 11.3 Å². The molecule has 0 aromatic rings. The van der Waals surface area contributed by atoms with Crippen molar-refractivity contribution in [3.63, 3.8) is 0 Å². The maximum Gasteiger partial charge on any atom is 0.254 e. The predicted molar refractivity (Wildman–Crippen MR) is 74.5 cm³/mol. The van der Waals surface area contributed by atoms with Gasteiger partial charge in [0.1, 0.15) is 6.10 Å². The molecule has 1 atom stereocenters. The van der Waals surface area contributed by atoms with Crippen molar-refractivity contribution in [1.82, 2.24) is 0 Å². The smallest absolute Gasteiger partial charge is 0.254 e. The van der Waals surface area contributed by atoms with Gasteiger partial charge in [-0.05, 0) is 37.4 Å². The summed E-state index contributed by atoms with van der Waals surface area (Å²) in [5.74, 6) is 0.634. The molecule has 0 heterocycles. The van der Waals surface area contributed by atoms with Gasteiger partial charge in [0.15, 0.2) is 0 Å². The predicted octanol–water partition coefficient (Wildman–Crippen LogP) is 4.02. The Kier molecular flexibility index (Phi) is 9.69. The minimum atomic E-state index is 0.194. The molecule has 0 aromatic heterocycles. The minimum Gasteiger partial charge on any atom is -0.468 e. The molecule has 2 nitrogen and oxygen atoms in total. The summed E-state index contributed by atoms with van der Waals surface area (Å²) < 4.78 is 5.48. The van der Waals surface area contributed by atoms with E-state index in [1.54, 1.807) is 0 Å². The second-order valence-corrected chi connectivity index (χ2v) is 5.29. The highest BCUT2D eigenvalue weighted by molar-refractivity contribution is 7.80. The summed E-state index contributed by atoms with van der Waals surface area (Å²) in [6.07, 6.45) is 8.83. The molecule has 0 aliphatic rings. The van der Waals surface area contributed by atoms with E-state index in [0.29, 0.717) is 5.92 Å². The zero-order valence-corrected chi connectivity index (χ0v) is 11.8. The van der Waals surface area contributed by atoms with E-state index in [9.17, 15) is 0 Å². The summed E-state index contributed by atoms with van der Waals surface area (Å²) in [6.45, 7) is 6.64. The largest absolute Gasteiger partial charge is 0.468 e. The van der Waals surface area contributed by atoms with Crippen LogP contribution in [0.15, 0.2) is 0 Å². The summed E-state index contributed by atoms with van der Waals surface area (Å²) in [5, 5.41) is 0.194. The topological polar surface area (TPSA) is 35.2 Å². The molecule has 0 saturated heterocycles. The number of ether oxygens (including phenoxy) is 1. The zero-order valence-electron chi connectivity index (χ0n) is 11.0. The number of hydrogen-bond acceptors (Lipinski definition) is 2. The van der Waals surface area contributed by atoms with Gasteiger partial charge in [-0.2, -0.15) is 0 Å². The van der Waals surface area contributed by atoms with Crippen LogP contribution >= 0.6 is 12.2 Å². The van der Waals surface area contributed by atoms with E-state index >= 15 is 0 Å². The van der Waals surface area contributed by atoms with Crippen molar-refractivity contribution in [2.45, 2.75) is 71.8 Å².